The summed E-state index contributed by atoms with van der Waals surface area (Å²) in [6, 6.07) is 39.1. The van der Waals surface area contributed by atoms with Crippen LogP contribution in [0.5, 0.6) is 0 Å². The summed E-state index contributed by atoms with van der Waals surface area (Å²) in [5, 5.41) is 0. The molecule has 20 atom stereocenters. The molecule has 14 aliphatic rings. The summed E-state index contributed by atoms with van der Waals surface area (Å²) in [5.41, 5.74) is 11.2. The normalized spacial score (nSPS) is 43.9. The highest BCUT2D eigenvalue weighted by atomic mass is 15.5. The molecule has 7 aliphatic heterocycles. The molecular formula is C69H96B2N6. The van der Waals surface area contributed by atoms with Crippen LogP contribution in [0.4, 0.5) is 11.4 Å². The van der Waals surface area contributed by atoms with Gasteiger partial charge >= 0.3 is 0 Å². The number of piperazine rings is 4. The van der Waals surface area contributed by atoms with Crippen molar-refractivity contribution in [2.45, 2.75) is 320 Å². The number of nitrogens with zero attached hydrogens (tertiary/aromatic N) is 6. The molecule has 77 heavy (non-hydrogen) atoms. The number of hydrogen-bond donors (Lipinski definition) is 0. The van der Waals surface area contributed by atoms with Gasteiger partial charge in [0.2, 0.25) is 6.71 Å². The van der Waals surface area contributed by atoms with Gasteiger partial charge in [0.15, 0.2) is 6.71 Å². The first-order chi connectivity index (χ1) is 37.8. The molecule has 0 spiro atoms. The second-order valence-electron chi connectivity index (χ2n) is 30.3. The third-order valence-corrected chi connectivity index (χ3v) is 26.6. The zero-order valence-electron chi connectivity index (χ0n) is 48.5. The molecule has 13 fully saturated rings. The zero-order chi connectivity index (χ0) is 51.3. The third kappa shape index (κ3) is 6.75. The number of anilines is 2. The highest BCUT2D eigenvalue weighted by Gasteiger charge is 2.79. The second-order valence-corrected chi connectivity index (χ2v) is 30.3. The molecule has 7 aliphatic carbocycles. The van der Waals surface area contributed by atoms with Crippen LogP contribution in [0.25, 0.3) is 0 Å². The van der Waals surface area contributed by atoms with Gasteiger partial charge in [-0.15, -0.1) is 0 Å². The summed E-state index contributed by atoms with van der Waals surface area (Å²) >= 11 is 0. The Balaban J connectivity index is 0.909. The minimum absolute atomic E-state index is 0.396. The fourth-order valence-electron chi connectivity index (χ4n) is 24.6. The molecule has 6 saturated heterocycles. The molecule has 7 saturated carbocycles. The standard InChI is InChI=1S/C69H96B2N6/c1-40(2)43-36-45(41(3)4)63(46(37-43)42(5)6)70-47-24-10-12-26-51(47)72(44-22-8-7-9-23-44)61-39-62-50(38-49(61)70)71-48-25-11-13-27-52(48)73-53-28-14-15-29-54(53)74-55-30-16-18-32-57(55)76-58-33-19-17-31-56(58)75-59-34-20-21-35-60(59)77(62)66-64(71)65(73)67(74)69(76)68(66)75/h7-10,12,22-24,26,36-37,40-42,48-50,52-62,64-69H,11,13-21,25,27-35,38-39H2,1-6H3. The average Bonchev–Trinajstić information content (AvgIpc) is 3.65. The SMILES string of the molecule is CC(C)c1cc(C(C)C)c(B2c3ccccc3N(c3ccccc3)C3CC4C(CC23)B2C3CCCCC3N3C5CCCCC5N5C6CCCCC6N6C7CCCCC7N7C8CCCCC8N4C4C2C3C5C6C47)c(C(C)C)c1. The smallest absolute Gasteiger partial charge is 0.217 e. The Labute approximate surface area is 466 Å². The lowest BCUT2D eigenvalue weighted by atomic mass is 9.15. The highest BCUT2D eigenvalue weighted by molar-refractivity contribution is 6.89. The molecule has 20 unspecified atom stereocenters. The van der Waals surface area contributed by atoms with Crippen molar-refractivity contribution < 1.29 is 0 Å². The molecule has 7 heterocycles. The maximum atomic E-state index is 3.63. The predicted octanol–water partition coefficient (Wildman–Crippen LogP) is 13.0. The number of rotatable bonds is 5. The lowest BCUT2D eigenvalue weighted by molar-refractivity contribution is -0.287. The summed E-state index contributed by atoms with van der Waals surface area (Å²) in [7, 11) is 0. The topological polar surface area (TPSA) is 19.4 Å². The van der Waals surface area contributed by atoms with Crippen molar-refractivity contribution >= 4 is 35.7 Å². The third-order valence-electron chi connectivity index (χ3n) is 26.6. The molecule has 6 nitrogen and oxygen atoms in total. The molecule has 0 N–H and O–H groups in total. The van der Waals surface area contributed by atoms with Gasteiger partial charge < -0.3 is 4.90 Å². The first kappa shape index (κ1) is 49.0. The van der Waals surface area contributed by atoms with Crippen LogP contribution >= 0.6 is 0 Å². The van der Waals surface area contributed by atoms with Crippen molar-refractivity contribution in [3.05, 3.63) is 83.4 Å². The number of fused-ring (bicyclic) bond motifs is 20. The first-order valence-electron chi connectivity index (χ1n) is 33.8. The van der Waals surface area contributed by atoms with Gasteiger partial charge in [-0.1, -0.05) is 178 Å². The fourth-order valence-corrected chi connectivity index (χ4v) is 24.6. The summed E-state index contributed by atoms with van der Waals surface area (Å²) < 4.78 is 0. The fraction of sp³-hybridized carbons (Fsp3) is 0.739. The van der Waals surface area contributed by atoms with Crippen molar-refractivity contribution in [1.82, 2.24) is 24.5 Å². The largest absolute Gasteiger partial charge is 0.339 e. The summed E-state index contributed by atoms with van der Waals surface area (Å²) in [6.45, 7) is 16.3. The van der Waals surface area contributed by atoms with Crippen LogP contribution in [-0.2, 0) is 0 Å². The minimum atomic E-state index is 0.396. The van der Waals surface area contributed by atoms with Gasteiger partial charge in [0.05, 0.1) is 0 Å². The van der Waals surface area contributed by atoms with Gasteiger partial charge in [-0.25, -0.2) is 0 Å². The van der Waals surface area contributed by atoms with Crippen molar-refractivity contribution in [3.63, 3.8) is 0 Å². The lowest BCUT2D eigenvalue weighted by Gasteiger charge is -2.83. The van der Waals surface area contributed by atoms with Crippen LogP contribution in [0.2, 0.25) is 23.3 Å². The Morgan fingerprint density at radius 1 is 0.390 bits per heavy atom. The van der Waals surface area contributed by atoms with Crippen molar-refractivity contribution in [2.24, 2.45) is 0 Å². The quantitative estimate of drug-likeness (QED) is 0.186. The van der Waals surface area contributed by atoms with E-state index in [2.05, 4.69) is 138 Å². The maximum Gasteiger partial charge on any atom is 0.217 e. The van der Waals surface area contributed by atoms with Gasteiger partial charge in [0.1, 0.15) is 0 Å². The van der Waals surface area contributed by atoms with E-state index in [-0.39, 0.29) is 0 Å². The minimum Gasteiger partial charge on any atom is -0.339 e. The van der Waals surface area contributed by atoms with Gasteiger partial charge in [0.25, 0.3) is 0 Å². The summed E-state index contributed by atoms with van der Waals surface area (Å²) in [5.74, 6) is 4.43. The number of hydrogen-bond acceptors (Lipinski definition) is 6. The summed E-state index contributed by atoms with van der Waals surface area (Å²) in [6.07, 6.45) is 32.2. The monoisotopic (exact) mass is 1030 g/mol. The van der Waals surface area contributed by atoms with E-state index < -0.39 is 0 Å². The maximum absolute atomic E-state index is 3.63. The van der Waals surface area contributed by atoms with E-state index in [0.29, 0.717) is 66.5 Å². The van der Waals surface area contributed by atoms with Crippen LogP contribution in [0.15, 0.2) is 66.7 Å². The van der Waals surface area contributed by atoms with E-state index >= 15 is 0 Å². The van der Waals surface area contributed by atoms with E-state index in [9.17, 15) is 0 Å². The van der Waals surface area contributed by atoms with Gasteiger partial charge in [0, 0.05) is 108 Å². The Morgan fingerprint density at radius 2 is 0.818 bits per heavy atom. The van der Waals surface area contributed by atoms with E-state index in [1.807, 2.05) is 0 Å². The molecule has 0 aromatic heterocycles. The molecular weight excluding hydrogens is 934 g/mol. The molecule has 0 bridgehead atoms. The van der Waals surface area contributed by atoms with Gasteiger partial charge in [-0.2, -0.15) is 0 Å². The first-order valence-corrected chi connectivity index (χ1v) is 33.8. The van der Waals surface area contributed by atoms with Crippen molar-refractivity contribution in [3.8, 4) is 0 Å². The van der Waals surface area contributed by atoms with E-state index in [1.54, 1.807) is 27.6 Å². The second kappa shape index (κ2) is 18.4. The Kier molecular flexibility index (Phi) is 11.7. The lowest BCUT2D eigenvalue weighted by Crippen LogP contribution is -2.96. The van der Waals surface area contributed by atoms with Crippen LogP contribution in [-0.4, -0.2) is 135 Å². The number of benzene rings is 3. The molecule has 3 aromatic rings. The molecule has 408 valence electrons. The predicted molar refractivity (Wildman–Crippen MR) is 321 cm³/mol. The van der Waals surface area contributed by atoms with Crippen LogP contribution < -0.4 is 15.8 Å². The van der Waals surface area contributed by atoms with Crippen LogP contribution in [0.3, 0.4) is 0 Å². The molecule has 8 heteroatoms. The Hall–Kier alpha value is -2.61. The Morgan fingerprint density at radius 3 is 1.31 bits per heavy atom. The zero-order valence-corrected chi connectivity index (χ0v) is 48.5. The Bertz CT molecular complexity index is 2690. The van der Waals surface area contributed by atoms with Crippen molar-refractivity contribution in [1.29, 1.82) is 0 Å². The van der Waals surface area contributed by atoms with E-state index in [1.165, 1.54) is 153 Å². The average molecular weight is 1030 g/mol. The van der Waals surface area contributed by atoms with Crippen LogP contribution in [0.1, 0.15) is 217 Å². The van der Waals surface area contributed by atoms with E-state index in [4.69, 9.17) is 0 Å². The van der Waals surface area contributed by atoms with E-state index in [0.717, 1.165) is 84.6 Å². The molecule has 3 aromatic carbocycles. The van der Waals surface area contributed by atoms with Crippen molar-refractivity contribution in [2.75, 3.05) is 4.90 Å². The highest BCUT2D eigenvalue weighted by Crippen LogP contribution is 2.70. The summed E-state index contributed by atoms with van der Waals surface area (Å²) in [4.78, 5) is 20.9. The van der Waals surface area contributed by atoms with Gasteiger partial charge in [-0.05, 0) is 140 Å². The van der Waals surface area contributed by atoms with Crippen LogP contribution in [0, 0.1) is 0 Å². The molecule has 0 amide bonds. The van der Waals surface area contributed by atoms with Gasteiger partial charge in [-0.3, -0.25) is 24.5 Å². The molecule has 0 radical (unpaired) electrons. The molecule has 17 rings (SSSR count). The number of para-hydroxylation sites is 2.